The second-order valence-corrected chi connectivity index (χ2v) is 6.42. The van der Waals surface area contributed by atoms with Gasteiger partial charge in [-0.25, -0.2) is 0 Å². The van der Waals surface area contributed by atoms with E-state index in [-0.39, 0.29) is 12.6 Å². The fourth-order valence-corrected chi connectivity index (χ4v) is 2.83. The molecule has 2 heterocycles. The van der Waals surface area contributed by atoms with Gasteiger partial charge in [-0.2, -0.15) is 5.10 Å². The van der Waals surface area contributed by atoms with Gasteiger partial charge < -0.3 is 9.47 Å². The van der Waals surface area contributed by atoms with Gasteiger partial charge in [0.15, 0.2) is 17.3 Å². The maximum absolute atomic E-state index is 12.3. The Labute approximate surface area is 159 Å². The van der Waals surface area contributed by atoms with Crippen LogP contribution >= 0.6 is 23.2 Å². The Balaban J connectivity index is 1.51. The SMILES string of the molecule is O=C(C=Cc1cc(-c2ccc(Cl)c(Cl)c2)n[nH]1)c1ccc2c(c1)OCO2. The number of allylic oxidation sites excluding steroid dienone is 1. The minimum Gasteiger partial charge on any atom is -0.454 e. The summed E-state index contributed by atoms with van der Waals surface area (Å²) in [6.45, 7) is 0.175. The van der Waals surface area contributed by atoms with Crippen molar-refractivity contribution >= 4 is 35.1 Å². The van der Waals surface area contributed by atoms with E-state index >= 15 is 0 Å². The molecule has 0 atom stereocenters. The van der Waals surface area contributed by atoms with E-state index in [2.05, 4.69) is 10.2 Å². The maximum atomic E-state index is 12.3. The molecular formula is C19H12Cl2N2O3. The van der Waals surface area contributed by atoms with Crippen molar-refractivity contribution in [2.24, 2.45) is 0 Å². The van der Waals surface area contributed by atoms with Crippen LogP contribution in [0, 0.1) is 0 Å². The van der Waals surface area contributed by atoms with E-state index in [1.165, 1.54) is 6.08 Å². The van der Waals surface area contributed by atoms with Crippen LogP contribution < -0.4 is 9.47 Å². The standard InChI is InChI=1S/C19H12Cl2N2O3/c20-14-4-1-11(7-15(14)21)16-9-13(22-23-16)3-5-17(24)12-2-6-18-19(8-12)26-10-25-18/h1-9H,10H2,(H,22,23). The maximum Gasteiger partial charge on any atom is 0.231 e. The lowest BCUT2D eigenvalue weighted by Gasteiger charge is -1.99. The zero-order valence-corrected chi connectivity index (χ0v) is 14.8. The van der Waals surface area contributed by atoms with E-state index in [4.69, 9.17) is 32.7 Å². The number of benzene rings is 2. The molecular weight excluding hydrogens is 375 g/mol. The number of halogens is 2. The molecule has 1 N–H and O–H groups in total. The van der Waals surface area contributed by atoms with Gasteiger partial charge in [0, 0.05) is 11.1 Å². The predicted molar refractivity (Wildman–Crippen MR) is 100.0 cm³/mol. The van der Waals surface area contributed by atoms with Crippen LogP contribution in [0.3, 0.4) is 0 Å². The predicted octanol–water partition coefficient (Wildman–Crippen LogP) is 5.01. The monoisotopic (exact) mass is 386 g/mol. The normalized spacial score (nSPS) is 12.7. The molecule has 2 aromatic carbocycles. The Hall–Kier alpha value is -2.76. The second-order valence-electron chi connectivity index (χ2n) is 5.60. The summed E-state index contributed by atoms with van der Waals surface area (Å²) in [6.07, 6.45) is 3.14. The van der Waals surface area contributed by atoms with E-state index in [1.54, 1.807) is 36.4 Å². The highest BCUT2D eigenvalue weighted by Gasteiger charge is 2.15. The van der Waals surface area contributed by atoms with Crippen molar-refractivity contribution in [3.63, 3.8) is 0 Å². The molecule has 0 radical (unpaired) electrons. The molecule has 0 saturated carbocycles. The van der Waals surface area contributed by atoms with Gasteiger partial charge in [0.05, 0.1) is 21.4 Å². The Bertz CT molecular complexity index is 1030. The van der Waals surface area contributed by atoms with Gasteiger partial charge in [-0.05, 0) is 48.6 Å². The summed E-state index contributed by atoms with van der Waals surface area (Å²) in [5.41, 5.74) is 2.76. The highest BCUT2D eigenvalue weighted by atomic mass is 35.5. The first-order valence-corrected chi connectivity index (χ1v) is 8.48. The molecule has 0 unspecified atom stereocenters. The van der Waals surface area contributed by atoms with Crippen molar-refractivity contribution < 1.29 is 14.3 Å². The highest BCUT2D eigenvalue weighted by Crippen LogP contribution is 2.32. The Morgan fingerprint density at radius 1 is 1.04 bits per heavy atom. The summed E-state index contributed by atoms with van der Waals surface area (Å²) < 4.78 is 10.5. The lowest BCUT2D eigenvalue weighted by Crippen LogP contribution is -1.94. The second kappa shape index (κ2) is 6.86. The number of hydrogen-bond donors (Lipinski definition) is 1. The number of rotatable bonds is 4. The number of carbonyl (C=O) groups is 1. The molecule has 0 bridgehead atoms. The molecule has 7 heteroatoms. The molecule has 4 rings (SSSR count). The van der Waals surface area contributed by atoms with Crippen LogP contribution in [0.15, 0.2) is 48.5 Å². The van der Waals surface area contributed by atoms with Gasteiger partial charge in [-0.1, -0.05) is 29.3 Å². The molecule has 130 valence electrons. The summed E-state index contributed by atoms with van der Waals surface area (Å²) in [5, 5.41) is 8.05. The minimum atomic E-state index is -0.144. The van der Waals surface area contributed by atoms with Crippen molar-refractivity contribution in [3.05, 3.63) is 69.8 Å². The quantitative estimate of drug-likeness (QED) is 0.505. The summed E-state index contributed by atoms with van der Waals surface area (Å²) in [6, 6.07) is 12.2. The van der Waals surface area contributed by atoms with Crippen LogP contribution in [-0.2, 0) is 0 Å². The number of fused-ring (bicyclic) bond motifs is 1. The molecule has 3 aromatic rings. The Kier molecular flexibility index (Phi) is 4.41. The number of ether oxygens (including phenoxy) is 2. The molecule has 26 heavy (non-hydrogen) atoms. The summed E-state index contributed by atoms with van der Waals surface area (Å²) in [4.78, 5) is 12.3. The van der Waals surface area contributed by atoms with Crippen molar-refractivity contribution in [3.8, 4) is 22.8 Å². The number of nitrogens with one attached hydrogen (secondary N) is 1. The fraction of sp³-hybridized carbons (Fsp3) is 0.0526. The third-order valence-electron chi connectivity index (χ3n) is 3.88. The molecule has 0 saturated heterocycles. The largest absolute Gasteiger partial charge is 0.454 e. The van der Waals surface area contributed by atoms with Crippen LogP contribution in [0.2, 0.25) is 10.0 Å². The number of hydrogen-bond acceptors (Lipinski definition) is 4. The molecule has 1 aromatic heterocycles. The first-order valence-electron chi connectivity index (χ1n) is 7.73. The molecule has 1 aliphatic heterocycles. The van der Waals surface area contributed by atoms with Gasteiger partial charge >= 0.3 is 0 Å². The molecule has 0 amide bonds. The van der Waals surface area contributed by atoms with Gasteiger partial charge in [0.2, 0.25) is 6.79 Å². The number of aromatic nitrogens is 2. The lowest BCUT2D eigenvalue weighted by atomic mass is 10.1. The summed E-state index contributed by atoms with van der Waals surface area (Å²) >= 11 is 12.0. The Morgan fingerprint density at radius 3 is 2.73 bits per heavy atom. The lowest BCUT2D eigenvalue weighted by molar-refractivity contribution is 0.104. The average Bonchev–Trinajstić information content (AvgIpc) is 3.30. The third kappa shape index (κ3) is 3.31. The first kappa shape index (κ1) is 16.7. The van der Waals surface area contributed by atoms with E-state index in [0.29, 0.717) is 38.5 Å². The average molecular weight is 387 g/mol. The van der Waals surface area contributed by atoms with Gasteiger partial charge in [0.1, 0.15) is 0 Å². The first-order chi connectivity index (χ1) is 12.6. The van der Waals surface area contributed by atoms with Crippen LogP contribution in [0.5, 0.6) is 11.5 Å². The third-order valence-corrected chi connectivity index (χ3v) is 4.62. The van der Waals surface area contributed by atoms with Gasteiger partial charge in [0.25, 0.3) is 0 Å². The van der Waals surface area contributed by atoms with Crippen LogP contribution in [0.4, 0.5) is 0 Å². The smallest absolute Gasteiger partial charge is 0.231 e. The van der Waals surface area contributed by atoms with E-state index in [1.807, 2.05) is 12.1 Å². The topological polar surface area (TPSA) is 64.2 Å². The fourth-order valence-electron chi connectivity index (χ4n) is 2.54. The number of aromatic amines is 1. The van der Waals surface area contributed by atoms with Crippen LogP contribution in [0.1, 0.15) is 16.1 Å². The summed E-state index contributed by atoms with van der Waals surface area (Å²) in [5.74, 6) is 1.08. The van der Waals surface area contributed by atoms with Crippen LogP contribution in [-0.4, -0.2) is 22.8 Å². The van der Waals surface area contributed by atoms with Crippen molar-refractivity contribution in [1.29, 1.82) is 0 Å². The zero-order valence-electron chi connectivity index (χ0n) is 13.3. The van der Waals surface area contributed by atoms with Crippen LogP contribution in [0.25, 0.3) is 17.3 Å². The molecule has 0 fully saturated rings. The number of ketones is 1. The molecule has 0 aliphatic carbocycles. The van der Waals surface area contributed by atoms with E-state index < -0.39 is 0 Å². The van der Waals surface area contributed by atoms with Crippen molar-refractivity contribution in [2.75, 3.05) is 6.79 Å². The Morgan fingerprint density at radius 2 is 1.88 bits per heavy atom. The van der Waals surface area contributed by atoms with Crippen molar-refractivity contribution in [1.82, 2.24) is 10.2 Å². The van der Waals surface area contributed by atoms with E-state index in [0.717, 1.165) is 5.56 Å². The van der Waals surface area contributed by atoms with Crippen molar-refractivity contribution in [2.45, 2.75) is 0 Å². The zero-order chi connectivity index (χ0) is 18.1. The molecule has 1 aliphatic rings. The summed E-state index contributed by atoms with van der Waals surface area (Å²) in [7, 11) is 0. The molecule has 5 nitrogen and oxygen atoms in total. The number of carbonyl (C=O) groups excluding carboxylic acids is 1. The van der Waals surface area contributed by atoms with Gasteiger partial charge in [-0.15, -0.1) is 0 Å². The minimum absolute atomic E-state index is 0.144. The molecule has 0 spiro atoms. The highest BCUT2D eigenvalue weighted by molar-refractivity contribution is 6.42. The van der Waals surface area contributed by atoms with E-state index in [9.17, 15) is 4.79 Å². The number of nitrogens with zero attached hydrogens (tertiary/aromatic N) is 1. The van der Waals surface area contributed by atoms with Gasteiger partial charge in [-0.3, -0.25) is 9.89 Å². The number of H-pyrrole nitrogens is 1.